The Bertz CT molecular complexity index is 708. The second kappa shape index (κ2) is 6.35. The molecule has 3 nitrogen and oxygen atoms in total. The first-order chi connectivity index (χ1) is 10.7. The van der Waals surface area contributed by atoms with Crippen molar-refractivity contribution in [2.45, 2.75) is 6.10 Å². The Hall–Kier alpha value is -2.09. The minimum absolute atomic E-state index is 0.120. The van der Waals surface area contributed by atoms with Crippen LogP contribution in [0.5, 0.6) is 0 Å². The van der Waals surface area contributed by atoms with Crippen molar-refractivity contribution in [3.8, 4) is 0 Å². The molecule has 1 heterocycles. The standard InChI is InChI=1S/C18H17O3P/c19-17(18-12-7-13-21-18)14-22(20,15-8-3-1-4-9-15)16-10-5-2-6-11-16/h1-13,17,19H,14H2. The molecule has 3 rings (SSSR count). The molecule has 0 saturated heterocycles. The molecule has 2 aromatic carbocycles. The number of hydrogen-bond donors (Lipinski definition) is 1. The summed E-state index contributed by atoms with van der Waals surface area (Å²) in [5, 5.41) is 11.9. The molecule has 0 aliphatic heterocycles. The molecule has 0 spiro atoms. The average molecular weight is 312 g/mol. The summed E-state index contributed by atoms with van der Waals surface area (Å²) >= 11 is 0. The number of aliphatic hydroxyl groups excluding tert-OH is 1. The molecule has 1 aromatic heterocycles. The fourth-order valence-corrected chi connectivity index (χ4v) is 5.21. The van der Waals surface area contributed by atoms with Crippen molar-refractivity contribution in [3.05, 3.63) is 84.8 Å². The van der Waals surface area contributed by atoms with Gasteiger partial charge in [-0.05, 0) is 12.1 Å². The SMILES string of the molecule is O=P(CC(O)c1ccco1)(c1ccccc1)c1ccccc1. The zero-order valence-corrected chi connectivity index (χ0v) is 12.9. The van der Waals surface area contributed by atoms with E-state index in [9.17, 15) is 9.67 Å². The fraction of sp³-hybridized carbons (Fsp3) is 0.111. The molecule has 0 radical (unpaired) electrons. The van der Waals surface area contributed by atoms with Crippen LogP contribution in [-0.4, -0.2) is 11.3 Å². The first kappa shape index (κ1) is 14.8. The smallest absolute Gasteiger partial charge is 0.146 e. The van der Waals surface area contributed by atoms with Gasteiger partial charge in [0.05, 0.1) is 6.26 Å². The van der Waals surface area contributed by atoms with Gasteiger partial charge in [-0.15, -0.1) is 0 Å². The predicted molar refractivity (Wildman–Crippen MR) is 88.3 cm³/mol. The molecule has 0 amide bonds. The van der Waals surface area contributed by atoms with Crippen LogP contribution in [0.3, 0.4) is 0 Å². The summed E-state index contributed by atoms with van der Waals surface area (Å²) in [6, 6.07) is 22.1. The van der Waals surface area contributed by atoms with Gasteiger partial charge in [-0.25, -0.2) is 0 Å². The van der Waals surface area contributed by atoms with Crippen LogP contribution in [0.1, 0.15) is 11.9 Å². The van der Waals surface area contributed by atoms with Gasteiger partial charge in [0.2, 0.25) is 0 Å². The van der Waals surface area contributed by atoms with Crippen LogP contribution in [0.25, 0.3) is 0 Å². The third-order valence-corrected chi connectivity index (χ3v) is 6.77. The van der Waals surface area contributed by atoms with E-state index in [1.807, 2.05) is 60.7 Å². The van der Waals surface area contributed by atoms with Gasteiger partial charge in [0, 0.05) is 16.8 Å². The largest absolute Gasteiger partial charge is 0.467 e. The Balaban J connectivity index is 2.02. The quantitative estimate of drug-likeness (QED) is 0.735. The van der Waals surface area contributed by atoms with E-state index in [0.717, 1.165) is 10.6 Å². The van der Waals surface area contributed by atoms with Gasteiger partial charge in [0.15, 0.2) is 0 Å². The molecule has 3 aromatic rings. The zero-order chi connectivity index (χ0) is 15.4. The van der Waals surface area contributed by atoms with Crippen LogP contribution in [0.2, 0.25) is 0 Å². The summed E-state index contributed by atoms with van der Waals surface area (Å²) in [6.45, 7) is 0. The first-order valence-electron chi connectivity index (χ1n) is 7.12. The zero-order valence-electron chi connectivity index (χ0n) is 12.0. The van der Waals surface area contributed by atoms with Crippen molar-refractivity contribution in [3.63, 3.8) is 0 Å². The van der Waals surface area contributed by atoms with Gasteiger partial charge in [-0.1, -0.05) is 60.7 Å². The van der Waals surface area contributed by atoms with Crippen molar-refractivity contribution < 1.29 is 14.1 Å². The summed E-state index contributed by atoms with van der Waals surface area (Å²) in [7, 11) is -2.93. The lowest BCUT2D eigenvalue weighted by Gasteiger charge is -2.21. The van der Waals surface area contributed by atoms with Crippen LogP contribution in [0.4, 0.5) is 0 Å². The average Bonchev–Trinajstić information content (AvgIpc) is 3.11. The van der Waals surface area contributed by atoms with E-state index in [1.54, 1.807) is 12.1 Å². The Labute approximate surface area is 129 Å². The molecule has 0 aliphatic rings. The third kappa shape index (κ3) is 2.92. The van der Waals surface area contributed by atoms with E-state index in [2.05, 4.69) is 0 Å². The lowest BCUT2D eigenvalue weighted by Crippen LogP contribution is -2.21. The normalized spacial score (nSPS) is 13.0. The molecule has 0 bridgehead atoms. The van der Waals surface area contributed by atoms with Gasteiger partial charge in [-0.2, -0.15) is 0 Å². The van der Waals surface area contributed by atoms with E-state index >= 15 is 0 Å². The Kier molecular flexibility index (Phi) is 4.28. The highest BCUT2D eigenvalue weighted by Crippen LogP contribution is 2.46. The van der Waals surface area contributed by atoms with Crippen LogP contribution in [-0.2, 0) is 4.57 Å². The summed E-state index contributed by atoms with van der Waals surface area (Å²) in [4.78, 5) is 0. The van der Waals surface area contributed by atoms with E-state index in [-0.39, 0.29) is 6.16 Å². The summed E-state index contributed by atoms with van der Waals surface area (Å²) < 4.78 is 19.0. The first-order valence-corrected chi connectivity index (χ1v) is 9.01. The van der Waals surface area contributed by atoms with Crippen molar-refractivity contribution >= 4 is 17.8 Å². The number of furan rings is 1. The second-order valence-electron chi connectivity index (χ2n) is 5.12. The molecule has 1 unspecified atom stereocenters. The molecule has 0 fully saturated rings. The van der Waals surface area contributed by atoms with Crippen LogP contribution in [0, 0.1) is 0 Å². The molecule has 4 heteroatoms. The van der Waals surface area contributed by atoms with Gasteiger partial charge >= 0.3 is 0 Å². The molecule has 112 valence electrons. The number of hydrogen-bond acceptors (Lipinski definition) is 3. The topological polar surface area (TPSA) is 50.4 Å². The predicted octanol–water partition coefficient (Wildman–Crippen LogP) is 3.33. The Morgan fingerprint density at radius 2 is 1.41 bits per heavy atom. The van der Waals surface area contributed by atoms with Crippen LogP contribution < -0.4 is 10.6 Å². The van der Waals surface area contributed by atoms with Crippen LogP contribution in [0.15, 0.2) is 83.5 Å². The minimum Gasteiger partial charge on any atom is -0.467 e. The maximum absolute atomic E-state index is 13.7. The van der Waals surface area contributed by atoms with Crippen molar-refractivity contribution in [2.24, 2.45) is 0 Å². The summed E-state index contributed by atoms with van der Waals surface area (Å²) in [5.74, 6) is 0.437. The molecule has 22 heavy (non-hydrogen) atoms. The number of rotatable bonds is 5. The Morgan fingerprint density at radius 3 is 1.86 bits per heavy atom. The molecular formula is C18H17O3P. The lowest BCUT2D eigenvalue weighted by atomic mass is 10.3. The fourth-order valence-electron chi connectivity index (χ4n) is 2.51. The van der Waals surface area contributed by atoms with Gasteiger partial charge < -0.3 is 14.1 Å². The molecule has 1 N–H and O–H groups in total. The van der Waals surface area contributed by atoms with E-state index < -0.39 is 13.2 Å². The van der Waals surface area contributed by atoms with E-state index in [1.165, 1.54) is 6.26 Å². The molecular weight excluding hydrogens is 295 g/mol. The van der Waals surface area contributed by atoms with Gasteiger partial charge in [0.25, 0.3) is 0 Å². The van der Waals surface area contributed by atoms with Gasteiger partial charge in [-0.3, -0.25) is 0 Å². The number of benzene rings is 2. The molecule has 1 atom stereocenters. The maximum Gasteiger partial charge on any atom is 0.146 e. The van der Waals surface area contributed by atoms with Crippen molar-refractivity contribution in [1.29, 1.82) is 0 Å². The summed E-state index contributed by atoms with van der Waals surface area (Å²) in [6.07, 6.45) is 0.726. The van der Waals surface area contributed by atoms with Crippen molar-refractivity contribution in [2.75, 3.05) is 6.16 Å². The summed E-state index contributed by atoms with van der Waals surface area (Å²) in [5.41, 5.74) is 0. The highest BCUT2D eigenvalue weighted by molar-refractivity contribution is 7.78. The maximum atomic E-state index is 13.7. The van der Waals surface area contributed by atoms with E-state index in [0.29, 0.717) is 5.76 Å². The molecule has 0 saturated carbocycles. The van der Waals surface area contributed by atoms with Crippen LogP contribution >= 0.6 is 7.14 Å². The third-order valence-electron chi connectivity index (χ3n) is 3.65. The number of aliphatic hydroxyl groups is 1. The monoisotopic (exact) mass is 312 g/mol. The highest BCUT2D eigenvalue weighted by atomic mass is 31.2. The second-order valence-corrected chi connectivity index (χ2v) is 8.00. The lowest BCUT2D eigenvalue weighted by molar-refractivity contribution is 0.172. The van der Waals surface area contributed by atoms with Gasteiger partial charge in [0.1, 0.15) is 19.0 Å². The molecule has 0 aliphatic carbocycles. The minimum atomic E-state index is -2.93. The Morgan fingerprint density at radius 1 is 0.864 bits per heavy atom. The van der Waals surface area contributed by atoms with Crippen molar-refractivity contribution in [1.82, 2.24) is 0 Å². The van der Waals surface area contributed by atoms with E-state index in [4.69, 9.17) is 4.42 Å². The highest BCUT2D eigenvalue weighted by Gasteiger charge is 2.31.